The molecule has 0 spiro atoms. The number of oxazole rings is 1. The summed E-state index contributed by atoms with van der Waals surface area (Å²) in [7, 11) is 0. The van der Waals surface area contributed by atoms with Crippen LogP contribution in [0.5, 0.6) is 0 Å². The van der Waals surface area contributed by atoms with Crippen LogP contribution in [0, 0.1) is 13.8 Å². The smallest absolute Gasteiger partial charge is 0.247 e. The number of hydrogen-bond donors (Lipinski definition) is 2. The molecular formula is C22H21N3O3. The molecule has 142 valence electrons. The minimum Gasteiger partial charge on any atom is -0.441 e. The lowest BCUT2D eigenvalue weighted by atomic mass is 10.1. The van der Waals surface area contributed by atoms with Crippen molar-refractivity contribution in [2.75, 3.05) is 10.6 Å². The van der Waals surface area contributed by atoms with Gasteiger partial charge in [-0.15, -0.1) is 0 Å². The second-order valence-electron chi connectivity index (χ2n) is 6.31. The predicted octanol–water partition coefficient (Wildman–Crippen LogP) is 4.26. The Labute approximate surface area is 163 Å². The van der Waals surface area contributed by atoms with E-state index in [0.717, 1.165) is 22.6 Å². The first-order valence-electron chi connectivity index (χ1n) is 8.82. The molecule has 3 rings (SSSR count). The quantitative estimate of drug-likeness (QED) is 0.631. The first-order chi connectivity index (χ1) is 13.5. The highest BCUT2D eigenvalue weighted by Crippen LogP contribution is 2.23. The summed E-state index contributed by atoms with van der Waals surface area (Å²) in [5.74, 6) is 0.839. The molecule has 3 aromatic rings. The monoisotopic (exact) mass is 375 g/mol. The first-order valence-corrected chi connectivity index (χ1v) is 8.82. The van der Waals surface area contributed by atoms with Crippen LogP contribution in [0.3, 0.4) is 0 Å². The van der Waals surface area contributed by atoms with Gasteiger partial charge in [0.05, 0.1) is 12.1 Å². The third-order valence-electron chi connectivity index (χ3n) is 4.26. The van der Waals surface area contributed by atoms with Crippen molar-refractivity contribution < 1.29 is 14.0 Å². The summed E-state index contributed by atoms with van der Waals surface area (Å²) < 4.78 is 5.61. The van der Waals surface area contributed by atoms with Crippen LogP contribution < -0.4 is 10.6 Å². The molecule has 1 heterocycles. The second kappa shape index (κ2) is 8.35. The summed E-state index contributed by atoms with van der Waals surface area (Å²) in [5.41, 5.74) is 3.67. The van der Waals surface area contributed by atoms with Crippen LogP contribution in [0.1, 0.15) is 17.0 Å². The maximum Gasteiger partial charge on any atom is 0.247 e. The Hall–Kier alpha value is -3.67. The number of amides is 2. The normalized spacial score (nSPS) is 10.4. The van der Waals surface area contributed by atoms with E-state index in [1.807, 2.05) is 32.0 Å². The van der Waals surface area contributed by atoms with E-state index in [2.05, 4.69) is 22.2 Å². The van der Waals surface area contributed by atoms with Crippen LogP contribution in [0.25, 0.3) is 11.5 Å². The van der Waals surface area contributed by atoms with E-state index in [1.165, 1.54) is 6.08 Å². The van der Waals surface area contributed by atoms with Gasteiger partial charge < -0.3 is 15.1 Å². The van der Waals surface area contributed by atoms with E-state index in [0.29, 0.717) is 17.3 Å². The van der Waals surface area contributed by atoms with Gasteiger partial charge in [0.15, 0.2) is 0 Å². The molecule has 6 heteroatoms. The zero-order chi connectivity index (χ0) is 20.1. The molecule has 2 amide bonds. The molecule has 0 radical (unpaired) electrons. The summed E-state index contributed by atoms with van der Waals surface area (Å²) >= 11 is 0. The molecule has 0 aliphatic rings. The molecular weight excluding hydrogens is 354 g/mol. The third-order valence-corrected chi connectivity index (χ3v) is 4.26. The molecule has 0 aliphatic carbocycles. The minimum absolute atomic E-state index is 0.132. The van der Waals surface area contributed by atoms with Crippen LogP contribution in [0.4, 0.5) is 11.4 Å². The molecule has 0 saturated heterocycles. The average Bonchev–Trinajstić information content (AvgIpc) is 3.02. The van der Waals surface area contributed by atoms with Gasteiger partial charge in [0.2, 0.25) is 17.7 Å². The Kier molecular flexibility index (Phi) is 5.69. The Morgan fingerprint density at radius 1 is 1.07 bits per heavy atom. The Bertz CT molecular complexity index is 1000. The van der Waals surface area contributed by atoms with Gasteiger partial charge in [-0.2, -0.15) is 0 Å². The molecule has 0 atom stereocenters. The predicted molar refractivity (Wildman–Crippen MR) is 109 cm³/mol. The number of nitrogens with zero attached hydrogens (tertiary/aromatic N) is 1. The van der Waals surface area contributed by atoms with E-state index in [4.69, 9.17) is 4.42 Å². The zero-order valence-electron chi connectivity index (χ0n) is 15.8. The second-order valence-corrected chi connectivity index (χ2v) is 6.31. The Morgan fingerprint density at radius 3 is 2.43 bits per heavy atom. The van der Waals surface area contributed by atoms with Crippen molar-refractivity contribution in [3.05, 3.63) is 78.2 Å². The fraction of sp³-hybridized carbons (Fsp3) is 0.136. The average molecular weight is 375 g/mol. The van der Waals surface area contributed by atoms with Crippen molar-refractivity contribution in [1.29, 1.82) is 0 Å². The lowest BCUT2D eigenvalue weighted by molar-refractivity contribution is -0.115. The topological polar surface area (TPSA) is 84.2 Å². The van der Waals surface area contributed by atoms with Crippen LogP contribution in [0.2, 0.25) is 0 Å². The molecule has 0 bridgehead atoms. The standard InChI is InChI=1S/C22H21N3O3/c1-4-20(26)25-19-8-6-5-7-17(19)13-21(27)24-18-11-9-16(10-12-18)22-23-14(2)15(3)28-22/h4-12H,1,13H2,2-3H3,(H,24,27)(H,25,26). The SMILES string of the molecule is C=CC(=O)Nc1ccccc1CC(=O)Nc1ccc(-c2nc(C)c(C)o2)cc1. The summed E-state index contributed by atoms with van der Waals surface area (Å²) in [6, 6.07) is 14.5. The van der Waals surface area contributed by atoms with Crippen LogP contribution >= 0.6 is 0 Å². The number of nitrogens with one attached hydrogen (secondary N) is 2. The molecule has 0 aliphatic heterocycles. The summed E-state index contributed by atoms with van der Waals surface area (Å²) in [5, 5.41) is 5.56. The van der Waals surface area contributed by atoms with Gasteiger partial charge in [-0.3, -0.25) is 9.59 Å². The highest BCUT2D eigenvalue weighted by Gasteiger charge is 2.11. The van der Waals surface area contributed by atoms with Crippen LogP contribution in [-0.4, -0.2) is 16.8 Å². The lowest BCUT2D eigenvalue weighted by Gasteiger charge is -2.10. The Balaban J connectivity index is 1.67. The number of carbonyl (C=O) groups is 2. The van der Waals surface area contributed by atoms with Gasteiger partial charge in [-0.05, 0) is 55.8 Å². The first kappa shape index (κ1) is 19.1. The van der Waals surface area contributed by atoms with Gasteiger partial charge in [-0.25, -0.2) is 4.98 Å². The fourth-order valence-electron chi connectivity index (χ4n) is 2.65. The number of hydrogen-bond acceptors (Lipinski definition) is 4. The van der Waals surface area contributed by atoms with Gasteiger partial charge in [0.1, 0.15) is 5.76 Å². The molecule has 2 N–H and O–H groups in total. The van der Waals surface area contributed by atoms with Crippen molar-refractivity contribution in [2.45, 2.75) is 20.3 Å². The van der Waals surface area contributed by atoms with Crippen LogP contribution in [0.15, 0.2) is 65.6 Å². The molecule has 28 heavy (non-hydrogen) atoms. The molecule has 0 fully saturated rings. The number of para-hydroxylation sites is 1. The number of benzene rings is 2. The third kappa shape index (κ3) is 4.54. The number of aromatic nitrogens is 1. The van der Waals surface area contributed by atoms with Gasteiger partial charge in [0, 0.05) is 16.9 Å². The number of anilines is 2. The maximum absolute atomic E-state index is 12.4. The van der Waals surface area contributed by atoms with Gasteiger partial charge in [0.25, 0.3) is 0 Å². The van der Waals surface area contributed by atoms with Crippen LogP contribution in [-0.2, 0) is 16.0 Å². The van der Waals surface area contributed by atoms with Crippen molar-refractivity contribution in [3.63, 3.8) is 0 Å². The largest absolute Gasteiger partial charge is 0.441 e. The van der Waals surface area contributed by atoms with Crippen molar-refractivity contribution in [3.8, 4) is 11.5 Å². The van der Waals surface area contributed by atoms with Crippen molar-refractivity contribution in [2.24, 2.45) is 0 Å². The minimum atomic E-state index is -0.319. The molecule has 1 aromatic heterocycles. The molecule has 2 aromatic carbocycles. The highest BCUT2D eigenvalue weighted by molar-refractivity contribution is 6.00. The molecule has 0 saturated carbocycles. The maximum atomic E-state index is 12.4. The van der Waals surface area contributed by atoms with Crippen molar-refractivity contribution in [1.82, 2.24) is 4.98 Å². The number of carbonyl (C=O) groups excluding carboxylic acids is 2. The van der Waals surface area contributed by atoms with E-state index in [9.17, 15) is 9.59 Å². The molecule has 6 nitrogen and oxygen atoms in total. The zero-order valence-corrected chi connectivity index (χ0v) is 15.8. The number of rotatable bonds is 6. The summed E-state index contributed by atoms with van der Waals surface area (Å²) in [6.45, 7) is 7.20. The summed E-state index contributed by atoms with van der Waals surface area (Å²) in [4.78, 5) is 28.3. The summed E-state index contributed by atoms with van der Waals surface area (Å²) in [6.07, 6.45) is 1.32. The van der Waals surface area contributed by atoms with E-state index < -0.39 is 0 Å². The van der Waals surface area contributed by atoms with E-state index in [-0.39, 0.29) is 18.2 Å². The van der Waals surface area contributed by atoms with Gasteiger partial charge in [-0.1, -0.05) is 24.8 Å². The highest BCUT2D eigenvalue weighted by atomic mass is 16.4. The molecule has 0 unspecified atom stereocenters. The van der Waals surface area contributed by atoms with Crippen molar-refractivity contribution >= 4 is 23.2 Å². The number of aryl methyl sites for hydroxylation is 2. The van der Waals surface area contributed by atoms with E-state index >= 15 is 0 Å². The Morgan fingerprint density at radius 2 is 1.79 bits per heavy atom. The van der Waals surface area contributed by atoms with E-state index in [1.54, 1.807) is 30.3 Å². The fourth-order valence-corrected chi connectivity index (χ4v) is 2.65. The lowest BCUT2D eigenvalue weighted by Crippen LogP contribution is -2.16. The van der Waals surface area contributed by atoms with Gasteiger partial charge >= 0.3 is 0 Å².